The van der Waals surface area contributed by atoms with Crippen molar-refractivity contribution in [2.24, 2.45) is 23.2 Å². The second kappa shape index (κ2) is 10.00. The normalized spacial score (nSPS) is 42.0. The zero-order valence-electron chi connectivity index (χ0n) is 20.1. The Morgan fingerprint density at radius 3 is 2.61 bits per heavy atom. The molecule has 7 heteroatoms. The monoisotopic (exact) mass is 470 g/mol. The van der Waals surface area contributed by atoms with Crippen molar-refractivity contribution in [1.82, 2.24) is 10.2 Å². The van der Waals surface area contributed by atoms with E-state index in [2.05, 4.69) is 31.3 Å². The first-order valence-corrected chi connectivity index (χ1v) is 12.8. The Balaban J connectivity index is 1.42. The van der Waals surface area contributed by atoms with E-state index in [9.17, 15) is 23.4 Å². The van der Waals surface area contributed by atoms with Gasteiger partial charge in [0.2, 0.25) is 0 Å². The summed E-state index contributed by atoms with van der Waals surface area (Å²) < 4.78 is 39.6. The van der Waals surface area contributed by atoms with E-state index in [4.69, 9.17) is 0 Å². The summed E-state index contributed by atoms with van der Waals surface area (Å²) in [5.74, 6) is 1.42. The molecule has 4 aliphatic rings. The maximum absolute atomic E-state index is 13.2. The van der Waals surface area contributed by atoms with Gasteiger partial charge in [-0.05, 0) is 74.5 Å². The Morgan fingerprint density at radius 2 is 1.91 bits per heavy atom. The number of alkyl halides is 3. The minimum absolute atomic E-state index is 0.0527. The third kappa shape index (κ3) is 5.68. The average molecular weight is 471 g/mol. The van der Waals surface area contributed by atoms with Crippen molar-refractivity contribution in [1.29, 1.82) is 0 Å². The van der Waals surface area contributed by atoms with E-state index in [0.717, 1.165) is 37.8 Å². The van der Waals surface area contributed by atoms with Gasteiger partial charge in [-0.25, -0.2) is 0 Å². The van der Waals surface area contributed by atoms with Crippen LogP contribution in [-0.2, 0) is 0 Å². The molecule has 0 aromatic carbocycles. The topological polar surface area (TPSA) is 55.7 Å². The van der Waals surface area contributed by atoms with E-state index in [-0.39, 0.29) is 12.0 Å². The predicted molar refractivity (Wildman–Crippen MR) is 124 cm³/mol. The van der Waals surface area contributed by atoms with Gasteiger partial charge in [0.05, 0.1) is 12.2 Å². The molecule has 0 aromatic heterocycles. The molecule has 3 N–H and O–H groups in total. The van der Waals surface area contributed by atoms with E-state index in [1.165, 1.54) is 12.0 Å². The van der Waals surface area contributed by atoms with Gasteiger partial charge in [0, 0.05) is 26.2 Å². The number of hydrogen-bond donors (Lipinski definition) is 3. The highest BCUT2D eigenvalue weighted by molar-refractivity contribution is 5.26. The minimum Gasteiger partial charge on any atom is -0.393 e. The molecule has 0 radical (unpaired) electrons. The van der Waals surface area contributed by atoms with Crippen LogP contribution >= 0.6 is 0 Å². The molecule has 3 aliphatic carbocycles. The fourth-order valence-electron chi connectivity index (χ4n) is 7.48. The third-order valence-electron chi connectivity index (χ3n) is 9.00. The van der Waals surface area contributed by atoms with Crippen LogP contribution in [0.1, 0.15) is 65.2 Å². The van der Waals surface area contributed by atoms with E-state index in [1.807, 2.05) is 4.90 Å². The molecule has 4 rings (SSSR count). The number of nitrogens with one attached hydrogen (secondary N) is 1. The van der Waals surface area contributed by atoms with Crippen LogP contribution in [0.3, 0.4) is 0 Å². The first-order chi connectivity index (χ1) is 15.6. The molecule has 1 heterocycles. The molecular weight excluding hydrogens is 429 g/mol. The zero-order chi connectivity index (χ0) is 23.8. The Morgan fingerprint density at radius 1 is 1.18 bits per heavy atom. The largest absolute Gasteiger partial charge is 0.405 e. The molecule has 1 saturated heterocycles. The lowest BCUT2D eigenvalue weighted by molar-refractivity contribution is -0.165. The van der Waals surface area contributed by atoms with Gasteiger partial charge in [-0.3, -0.25) is 4.90 Å². The fraction of sp³-hybridized carbons (Fsp3) is 0.846. The highest BCUT2D eigenvalue weighted by Crippen LogP contribution is 2.59. The maximum Gasteiger partial charge on any atom is 0.405 e. The molecule has 1 unspecified atom stereocenters. The lowest BCUT2D eigenvalue weighted by Gasteiger charge is -2.45. The molecule has 188 valence electrons. The Labute approximate surface area is 196 Å². The Bertz CT molecular complexity index is 740. The van der Waals surface area contributed by atoms with Crippen molar-refractivity contribution in [2.45, 2.75) is 89.6 Å². The van der Waals surface area contributed by atoms with Crippen molar-refractivity contribution in [3.8, 4) is 0 Å². The molecule has 1 aliphatic heterocycles. The summed E-state index contributed by atoms with van der Waals surface area (Å²) in [7, 11) is 0. The third-order valence-corrected chi connectivity index (χ3v) is 9.00. The Hall–Kier alpha value is -0.890. The highest BCUT2D eigenvalue weighted by atomic mass is 19.4. The van der Waals surface area contributed by atoms with Crippen molar-refractivity contribution in [2.75, 3.05) is 26.2 Å². The number of halogens is 3. The van der Waals surface area contributed by atoms with Gasteiger partial charge in [0.25, 0.3) is 0 Å². The van der Waals surface area contributed by atoms with Crippen LogP contribution in [0.2, 0.25) is 0 Å². The second-order valence-electron chi connectivity index (χ2n) is 11.4. The second-order valence-corrected chi connectivity index (χ2v) is 11.4. The van der Waals surface area contributed by atoms with Gasteiger partial charge < -0.3 is 15.5 Å². The SMILES string of the molecule is C[C@H](CN1CCNC(C(F)(F)F)C1)[C@H]1CC[C@H]2C(=C/C=C3/C[C@@H](O)C[C@@H](O)C3)CCC[C@]12C. The predicted octanol–water partition coefficient (Wildman–Crippen LogP) is 4.43. The van der Waals surface area contributed by atoms with Gasteiger partial charge >= 0.3 is 6.18 Å². The smallest absolute Gasteiger partial charge is 0.393 e. The summed E-state index contributed by atoms with van der Waals surface area (Å²) in [5, 5.41) is 22.6. The number of rotatable bonds is 4. The lowest BCUT2D eigenvalue weighted by Crippen LogP contribution is -2.57. The molecule has 4 fully saturated rings. The molecular formula is C26H41F3N2O2. The molecule has 0 aromatic rings. The maximum atomic E-state index is 13.2. The van der Waals surface area contributed by atoms with Gasteiger partial charge in [-0.1, -0.05) is 37.1 Å². The molecule has 0 amide bonds. The van der Waals surface area contributed by atoms with E-state index in [0.29, 0.717) is 50.1 Å². The van der Waals surface area contributed by atoms with Crippen molar-refractivity contribution in [3.63, 3.8) is 0 Å². The molecule has 3 saturated carbocycles. The average Bonchev–Trinajstić information content (AvgIpc) is 3.09. The molecule has 4 nitrogen and oxygen atoms in total. The van der Waals surface area contributed by atoms with E-state index < -0.39 is 24.4 Å². The van der Waals surface area contributed by atoms with Crippen LogP contribution < -0.4 is 5.32 Å². The molecule has 0 spiro atoms. The summed E-state index contributed by atoms with van der Waals surface area (Å²) in [5.41, 5.74) is 2.81. The number of aliphatic hydroxyl groups excluding tert-OH is 2. The quantitative estimate of drug-likeness (QED) is 0.569. The van der Waals surface area contributed by atoms with Crippen LogP contribution in [0.15, 0.2) is 23.3 Å². The number of fused-ring (bicyclic) bond motifs is 1. The standard InChI is InChI=1S/C26H41F3N2O2/c1-17(15-31-11-10-30-24(16-31)26(27,28)29)22-7-8-23-19(4-3-9-25(22,23)2)6-5-18-12-20(32)14-21(33)13-18/h5-6,17,20-24,30,32-33H,3-4,7-16H2,1-2H3/b18-5-,19-6?/t17-,20-,21+,22-,23+,24?,25-/m1/s1. The van der Waals surface area contributed by atoms with E-state index in [1.54, 1.807) is 0 Å². The van der Waals surface area contributed by atoms with Gasteiger partial charge in [0.1, 0.15) is 6.04 Å². The fourth-order valence-corrected chi connectivity index (χ4v) is 7.48. The molecule has 0 bridgehead atoms. The number of aliphatic hydroxyl groups is 2. The van der Waals surface area contributed by atoms with Crippen LogP contribution in [0.4, 0.5) is 13.2 Å². The van der Waals surface area contributed by atoms with E-state index >= 15 is 0 Å². The van der Waals surface area contributed by atoms with Crippen LogP contribution in [0.25, 0.3) is 0 Å². The van der Waals surface area contributed by atoms with Crippen molar-refractivity contribution in [3.05, 3.63) is 23.3 Å². The van der Waals surface area contributed by atoms with Crippen LogP contribution in [0.5, 0.6) is 0 Å². The summed E-state index contributed by atoms with van der Waals surface area (Å²) >= 11 is 0. The highest BCUT2D eigenvalue weighted by Gasteiger charge is 2.51. The number of nitrogens with zero attached hydrogens (tertiary/aromatic N) is 1. The summed E-state index contributed by atoms with van der Waals surface area (Å²) in [6, 6.07) is -1.42. The zero-order valence-corrected chi connectivity index (χ0v) is 20.1. The number of allylic oxidation sites excluding steroid dienone is 3. The summed E-state index contributed by atoms with van der Waals surface area (Å²) in [4.78, 5) is 2.01. The van der Waals surface area contributed by atoms with Gasteiger partial charge in [0.15, 0.2) is 0 Å². The summed E-state index contributed by atoms with van der Waals surface area (Å²) in [6.07, 6.45) is 6.80. The number of hydrogen-bond acceptors (Lipinski definition) is 4. The van der Waals surface area contributed by atoms with Crippen LogP contribution in [0, 0.1) is 23.2 Å². The van der Waals surface area contributed by atoms with Crippen molar-refractivity contribution >= 4 is 0 Å². The van der Waals surface area contributed by atoms with Gasteiger partial charge in [-0.15, -0.1) is 0 Å². The minimum atomic E-state index is -4.19. The first kappa shape index (κ1) is 25.2. The lowest BCUT2D eigenvalue weighted by atomic mass is 9.61. The molecule has 7 atom stereocenters. The molecule has 33 heavy (non-hydrogen) atoms. The first-order valence-electron chi connectivity index (χ1n) is 12.8. The number of piperazine rings is 1. The van der Waals surface area contributed by atoms with Gasteiger partial charge in [-0.2, -0.15) is 13.2 Å². The summed E-state index contributed by atoms with van der Waals surface area (Å²) in [6.45, 7) is 6.52. The van der Waals surface area contributed by atoms with Crippen LogP contribution in [-0.4, -0.2) is 65.7 Å². The van der Waals surface area contributed by atoms with Crippen molar-refractivity contribution < 1.29 is 23.4 Å². The Kier molecular flexibility index (Phi) is 7.64.